The minimum Gasteiger partial charge on any atom is -0.471 e. The Morgan fingerprint density at radius 3 is 2.43 bits per heavy atom. The van der Waals surface area contributed by atoms with Gasteiger partial charge in [0.1, 0.15) is 18.1 Å². The van der Waals surface area contributed by atoms with Gasteiger partial charge in [-0.1, -0.05) is 81.7 Å². The lowest BCUT2D eigenvalue weighted by Crippen LogP contribution is -2.48. The number of aromatic nitrogens is 2. The molecular weight excluding hydrogens is 696 g/mol. The summed E-state index contributed by atoms with van der Waals surface area (Å²) in [6, 6.07) is 8.98. The molecule has 3 heterocycles. The van der Waals surface area contributed by atoms with E-state index in [9.17, 15) is 9.59 Å². The highest BCUT2D eigenvalue weighted by Gasteiger charge is 2.47. The molecule has 1 aliphatic heterocycles. The number of amides is 2. The maximum atomic E-state index is 14.4. The smallest absolute Gasteiger partial charge is 0.254 e. The highest BCUT2D eigenvalue weighted by Crippen LogP contribution is 2.40. The van der Waals surface area contributed by atoms with Crippen LogP contribution in [0.25, 0.3) is 10.4 Å². The van der Waals surface area contributed by atoms with Crippen molar-refractivity contribution in [2.75, 3.05) is 11.9 Å². The number of alkyl halides is 1. The molecule has 12 heteroatoms. The SMILES string of the molecule is CCC(CBr)Oc1cc(C(C(=O)N2C[C@H](O[Si](C)(C)C(C)(C)C)C[C@H]2C(=O)N[C@@H](C)c2ccc(-c3scnc3C)cc2)C(C)C)on1. The second-order valence-electron chi connectivity index (χ2n) is 14.5. The van der Waals surface area contributed by atoms with Crippen LogP contribution in [0.5, 0.6) is 5.88 Å². The summed E-state index contributed by atoms with van der Waals surface area (Å²) in [4.78, 5) is 35.7. The second-order valence-corrected chi connectivity index (χ2v) is 20.7. The monoisotopic (exact) mass is 746 g/mol. The summed E-state index contributed by atoms with van der Waals surface area (Å²) in [6.07, 6.45) is 0.920. The van der Waals surface area contributed by atoms with Gasteiger partial charge in [-0.15, -0.1) is 11.3 Å². The summed E-state index contributed by atoms with van der Waals surface area (Å²) in [7, 11) is -2.17. The molecule has 0 spiro atoms. The quantitative estimate of drug-likeness (QED) is 0.139. The van der Waals surface area contributed by atoms with Crippen molar-refractivity contribution in [1.82, 2.24) is 20.4 Å². The number of nitrogens with one attached hydrogen (secondary N) is 1. The van der Waals surface area contributed by atoms with Gasteiger partial charge in [0.25, 0.3) is 5.88 Å². The highest BCUT2D eigenvalue weighted by molar-refractivity contribution is 9.09. The van der Waals surface area contributed by atoms with Gasteiger partial charge in [0, 0.05) is 24.4 Å². The number of ether oxygens (including phenoxy) is 1. The van der Waals surface area contributed by atoms with Gasteiger partial charge < -0.3 is 23.9 Å². The zero-order valence-electron chi connectivity index (χ0n) is 29.4. The fourth-order valence-electron chi connectivity index (χ4n) is 5.65. The molecule has 0 bridgehead atoms. The number of halogens is 1. The number of aryl methyl sites for hydroxylation is 1. The molecule has 0 aliphatic carbocycles. The molecule has 1 saturated heterocycles. The Balaban J connectivity index is 1.57. The summed E-state index contributed by atoms with van der Waals surface area (Å²) >= 11 is 5.09. The largest absolute Gasteiger partial charge is 0.471 e. The molecule has 258 valence electrons. The predicted molar refractivity (Wildman–Crippen MR) is 194 cm³/mol. The highest BCUT2D eigenvalue weighted by atomic mass is 79.9. The van der Waals surface area contributed by atoms with E-state index in [-0.39, 0.29) is 41.0 Å². The molecule has 0 saturated carbocycles. The minimum absolute atomic E-state index is 0.0112. The zero-order chi connectivity index (χ0) is 34.7. The van der Waals surface area contributed by atoms with Crippen molar-refractivity contribution in [3.63, 3.8) is 0 Å². The fraction of sp³-hybridized carbons (Fsp3) is 0.600. The van der Waals surface area contributed by atoms with E-state index in [2.05, 4.69) is 77.4 Å². The van der Waals surface area contributed by atoms with Crippen molar-refractivity contribution in [3.8, 4) is 16.3 Å². The Labute approximate surface area is 293 Å². The van der Waals surface area contributed by atoms with Crippen molar-refractivity contribution in [3.05, 3.63) is 52.9 Å². The molecule has 47 heavy (non-hydrogen) atoms. The van der Waals surface area contributed by atoms with Crippen LogP contribution >= 0.6 is 27.3 Å². The number of carbonyl (C=O) groups is 2. The first-order valence-electron chi connectivity index (χ1n) is 16.5. The van der Waals surface area contributed by atoms with E-state index in [1.54, 1.807) is 22.3 Å². The van der Waals surface area contributed by atoms with Gasteiger partial charge >= 0.3 is 0 Å². The van der Waals surface area contributed by atoms with Crippen LogP contribution in [0.4, 0.5) is 0 Å². The van der Waals surface area contributed by atoms with Crippen LogP contribution < -0.4 is 10.1 Å². The van der Waals surface area contributed by atoms with E-state index in [1.165, 1.54) is 0 Å². The van der Waals surface area contributed by atoms with Gasteiger partial charge in [0.15, 0.2) is 14.1 Å². The number of carbonyl (C=O) groups excluding carboxylic acids is 2. The lowest BCUT2D eigenvalue weighted by atomic mass is 9.91. The molecule has 1 fully saturated rings. The lowest BCUT2D eigenvalue weighted by Gasteiger charge is -2.38. The van der Waals surface area contributed by atoms with Gasteiger partial charge in [0.05, 0.1) is 28.2 Å². The van der Waals surface area contributed by atoms with Crippen molar-refractivity contribution in [2.24, 2.45) is 5.92 Å². The van der Waals surface area contributed by atoms with Gasteiger partial charge in [-0.2, -0.15) is 0 Å². The van der Waals surface area contributed by atoms with Gasteiger partial charge in [-0.05, 0) is 60.6 Å². The van der Waals surface area contributed by atoms with Crippen molar-refractivity contribution < 1.29 is 23.3 Å². The molecule has 2 amide bonds. The molecule has 3 aromatic rings. The molecule has 1 N–H and O–H groups in total. The molecule has 1 aromatic carbocycles. The molecular formula is C35H51BrN4O5SSi. The maximum Gasteiger partial charge on any atom is 0.254 e. The number of hydrogen-bond acceptors (Lipinski definition) is 8. The number of benzene rings is 1. The van der Waals surface area contributed by atoms with E-state index in [4.69, 9.17) is 13.7 Å². The molecule has 2 aromatic heterocycles. The third-order valence-electron chi connectivity index (χ3n) is 9.55. The van der Waals surface area contributed by atoms with E-state index in [1.807, 2.05) is 52.3 Å². The fourth-order valence-corrected chi connectivity index (χ4v) is 8.41. The summed E-state index contributed by atoms with van der Waals surface area (Å²) in [6.45, 7) is 21.3. The first-order valence-corrected chi connectivity index (χ1v) is 21.5. The van der Waals surface area contributed by atoms with E-state index >= 15 is 0 Å². The number of hydrogen-bond donors (Lipinski definition) is 1. The number of rotatable bonds is 13. The Bertz CT molecular complexity index is 1500. The number of likely N-dealkylation sites (tertiary alicyclic amines) is 1. The third kappa shape index (κ3) is 8.74. The lowest BCUT2D eigenvalue weighted by molar-refractivity contribution is -0.141. The van der Waals surface area contributed by atoms with Gasteiger partial charge in [-0.25, -0.2) is 4.98 Å². The first kappa shape index (κ1) is 37.3. The minimum atomic E-state index is -2.17. The average molecular weight is 748 g/mol. The topological polar surface area (TPSA) is 107 Å². The van der Waals surface area contributed by atoms with Crippen molar-refractivity contribution in [2.45, 2.75) is 117 Å². The second kappa shape index (κ2) is 15.3. The van der Waals surface area contributed by atoms with Crippen molar-refractivity contribution >= 4 is 47.4 Å². The van der Waals surface area contributed by atoms with Gasteiger partial charge in [-0.3, -0.25) is 9.59 Å². The van der Waals surface area contributed by atoms with Crippen LogP contribution in [-0.4, -0.2) is 65.3 Å². The Kier molecular flexibility index (Phi) is 12.2. The van der Waals surface area contributed by atoms with E-state index in [0.29, 0.717) is 29.9 Å². The molecule has 0 radical (unpaired) electrons. The molecule has 4 rings (SSSR count). The van der Waals surface area contributed by atoms with Crippen LogP contribution in [0.15, 0.2) is 40.4 Å². The van der Waals surface area contributed by atoms with Crippen LogP contribution in [0, 0.1) is 12.8 Å². The molecule has 5 atom stereocenters. The van der Waals surface area contributed by atoms with Crippen LogP contribution in [-0.2, 0) is 14.0 Å². The standard InChI is InChI=1S/C35H51BrN4O5SSi/c1-11-26(18-36)43-30-17-29(44-39-30)31(21(2)3)34(42)40-19-27(45-47(9,10)35(6,7)8)16-28(40)33(41)38-22(4)24-12-14-25(15-13-24)32-23(5)37-20-46-32/h12-15,17,20-22,26-28,31H,11,16,18-19H2,1-10H3,(H,38,41)/t22-,26?,27+,28-,31?/m0/s1. The number of thiazole rings is 1. The van der Waals surface area contributed by atoms with E-state index < -0.39 is 20.3 Å². The van der Waals surface area contributed by atoms with Crippen LogP contribution in [0.1, 0.15) is 90.3 Å². The number of nitrogens with zero attached hydrogens (tertiary/aromatic N) is 3. The Hall–Kier alpha value is -2.54. The Morgan fingerprint density at radius 1 is 1.19 bits per heavy atom. The molecule has 9 nitrogen and oxygen atoms in total. The normalized spacial score (nSPS) is 19.1. The maximum absolute atomic E-state index is 14.4. The summed E-state index contributed by atoms with van der Waals surface area (Å²) in [5.74, 6) is -0.321. The molecule has 2 unspecified atom stereocenters. The summed E-state index contributed by atoms with van der Waals surface area (Å²) in [5, 5.41) is 7.97. The Morgan fingerprint density at radius 2 is 1.87 bits per heavy atom. The average Bonchev–Trinajstić information content (AvgIpc) is 3.75. The van der Waals surface area contributed by atoms with E-state index in [0.717, 1.165) is 28.1 Å². The third-order valence-corrected chi connectivity index (χ3v) is 15.8. The molecule has 1 aliphatic rings. The zero-order valence-corrected chi connectivity index (χ0v) is 32.8. The van der Waals surface area contributed by atoms with Crippen LogP contribution in [0.2, 0.25) is 18.1 Å². The first-order chi connectivity index (χ1) is 22.1. The summed E-state index contributed by atoms with van der Waals surface area (Å²) < 4.78 is 18.5. The van der Waals surface area contributed by atoms with Crippen LogP contribution in [0.3, 0.4) is 0 Å². The van der Waals surface area contributed by atoms with Crippen molar-refractivity contribution in [1.29, 1.82) is 0 Å². The van der Waals surface area contributed by atoms with Gasteiger partial charge in [0.2, 0.25) is 11.8 Å². The predicted octanol–water partition coefficient (Wildman–Crippen LogP) is 8.27. The summed E-state index contributed by atoms with van der Waals surface area (Å²) in [5.41, 5.74) is 4.94.